The number of nitrogens with zero attached hydrogens (tertiary/aromatic N) is 2. The summed E-state index contributed by atoms with van der Waals surface area (Å²) in [6.45, 7) is 3.07. The number of unbranched alkanes of at least 4 members (excludes halogenated alkanes) is 5. The van der Waals surface area contributed by atoms with Crippen molar-refractivity contribution in [2.45, 2.75) is 64.7 Å². The third-order valence-corrected chi connectivity index (χ3v) is 3.64. The molecule has 0 bridgehead atoms. The number of rotatable bonds is 8. The highest BCUT2D eigenvalue weighted by molar-refractivity contribution is 6.06. The van der Waals surface area contributed by atoms with Crippen molar-refractivity contribution in [1.29, 1.82) is 0 Å². The Morgan fingerprint density at radius 1 is 1.18 bits per heavy atom. The molecular weight excluding hydrogens is 212 g/mol. The van der Waals surface area contributed by atoms with E-state index < -0.39 is 0 Å². The Morgan fingerprint density at radius 3 is 2.59 bits per heavy atom. The van der Waals surface area contributed by atoms with Crippen molar-refractivity contribution in [3.05, 3.63) is 0 Å². The minimum atomic E-state index is 0.223. The third kappa shape index (κ3) is 3.83. The number of amides is 1. The van der Waals surface area contributed by atoms with E-state index in [1.54, 1.807) is 5.01 Å². The smallest absolute Gasteiger partial charge is 0.248 e. The van der Waals surface area contributed by atoms with Crippen LogP contribution in [0.4, 0.5) is 0 Å². The molecule has 0 N–H and O–H groups in total. The van der Waals surface area contributed by atoms with E-state index in [2.05, 4.69) is 12.0 Å². The maximum Gasteiger partial charge on any atom is 0.248 e. The fraction of sp³-hybridized carbons (Fsp3) is 0.857. The van der Waals surface area contributed by atoms with Gasteiger partial charge in [-0.05, 0) is 25.2 Å². The van der Waals surface area contributed by atoms with Gasteiger partial charge in [-0.3, -0.25) is 4.79 Å². The lowest BCUT2D eigenvalue weighted by atomic mass is 10.1. The van der Waals surface area contributed by atoms with Crippen molar-refractivity contribution >= 4 is 11.6 Å². The van der Waals surface area contributed by atoms with Gasteiger partial charge in [0.05, 0.1) is 12.1 Å². The van der Waals surface area contributed by atoms with E-state index in [-0.39, 0.29) is 5.91 Å². The van der Waals surface area contributed by atoms with E-state index in [9.17, 15) is 4.79 Å². The van der Waals surface area contributed by atoms with Crippen LogP contribution in [0.1, 0.15) is 64.7 Å². The molecule has 2 aliphatic rings. The normalized spacial score (nSPS) is 19.9. The van der Waals surface area contributed by atoms with Gasteiger partial charge in [0.25, 0.3) is 0 Å². The lowest BCUT2D eigenvalue weighted by molar-refractivity contribution is -0.128. The van der Waals surface area contributed by atoms with Crippen LogP contribution in [0.2, 0.25) is 0 Å². The molecule has 1 aliphatic heterocycles. The van der Waals surface area contributed by atoms with Gasteiger partial charge in [-0.25, -0.2) is 5.01 Å². The van der Waals surface area contributed by atoms with Crippen LogP contribution in [0.15, 0.2) is 5.10 Å². The molecule has 0 unspecified atom stereocenters. The monoisotopic (exact) mass is 236 g/mol. The maximum atomic E-state index is 11.7. The Balaban J connectivity index is 1.60. The molecule has 2 rings (SSSR count). The van der Waals surface area contributed by atoms with Crippen molar-refractivity contribution in [1.82, 2.24) is 5.01 Å². The number of hydrazone groups is 1. The molecule has 1 aliphatic carbocycles. The summed E-state index contributed by atoms with van der Waals surface area (Å²) in [5, 5.41) is 6.18. The summed E-state index contributed by atoms with van der Waals surface area (Å²) in [4.78, 5) is 11.7. The molecule has 0 aromatic heterocycles. The standard InChI is InChI=1S/C14H24N2O/c1-2-3-4-5-6-7-10-16-14(17)11-13(15-16)12-8-9-12/h12H,2-11H2,1H3. The molecule has 1 amide bonds. The highest BCUT2D eigenvalue weighted by Gasteiger charge is 2.34. The number of hydrogen-bond acceptors (Lipinski definition) is 2. The first kappa shape index (κ1) is 12.6. The second-order valence-electron chi connectivity index (χ2n) is 5.33. The summed E-state index contributed by atoms with van der Waals surface area (Å²) in [5.41, 5.74) is 1.15. The largest absolute Gasteiger partial charge is 0.273 e. The third-order valence-electron chi connectivity index (χ3n) is 3.64. The second-order valence-corrected chi connectivity index (χ2v) is 5.33. The average molecular weight is 236 g/mol. The van der Waals surface area contributed by atoms with E-state index in [0.717, 1.165) is 18.7 Å². The van der Waals surface area contributed by atoms with Gasteiger partial charge in [-0.15, -0.1) is 0 Å². The van der Waals surface area contributed by atoms with Crippen LogP contribution in [-0.2, 0) is 4.79 Å². The maximum absolute atomic E-state index is 11.7. The Hall–Kier alpha value is -0.860. The summed E-state index contributed by atoms with van der Waals surface area (Å²) >= 11 is 0. The van der Waals surface area contributed by atoms with E-state index in [4.69, 9.17) is 0 Å². The van der Waals surface area contributed by atoms with Crippen molar-refractivity contribution in [3.8, 4) is 0 Å². The van der Waals surface area contributed by atoms with Gasteiger partial charge < -0.3 is 0 Å². The topological polar surface area (TPSA) is 32.7 Å². The van der Waals surface area contributed by atoms with Gasteiger partial charge in [0, 0.05) is 6.54 Å². The molecule has 1 fully saturated rings. The molecule has 0 saturated heterocycles. The van der Waals surface area contributed by atoms with Gasteiger partial charge in [0.2, 0.25) is 5.91 Å². The van der Waals surface area contributed by atoms with Crippen molar-refractivity contribution < 1.29 is 4.79 Å². The van der Waals surface area contributed by atoms with Gasteiger partial charge in [-0.2, -0.15) is 5.10 Å². The van der Waals surface area contributed by atoms with E-state index in [1.807, 2.05) is 0 Å². The summed E-state index contributed by atoms with van der Waals surface area (Å²) < 4.78 is 0. The zero-order valence-electron chi connectivity index (χ0n) is 11.0. The molecule has 0 atom stereocenters. The zero-order valence-corrected chi connectivity index (χ0v) is 11.0. The van der Waals surface area contributed by atoms with Crippen molar-refractivity contribution in [3.63, 3.8) is 0 Å². The first-order valence-corrected chi connectivity index (χ1v) is 7.19. The van der Waals surface area contributed by atoms with Crippen LogP contribution >= 0.6 is 0 Å². The molecule has 3 nitrogen and oxygen atoms in total. The number of carbonyl (C=O) groups excluding carboxylic acids is 1. The van der Waals surface area contributed by atoms with E-state index >= 15 is 0 Å². The van der Waals surface area contributed by atoms with Crippen LogP contribution in [0.3, 0.4) is 0 Å². The van der Waals surface area contributed by atoms with Crippen LogP contribution in [0.5, 0.6) is 0 Å². The minimum Gasteiger partial charge on any atom is -0.273 e. The molecule has 17 heavy (non-hydrogen) atoms. The van der Waals surface area contributed by atoms with Gasteiger partial charge in [-0.1, -0.05) is 39.0 Å². The minimum absolute atomic E-state index is 0.223. The lowest BCUT2D eigenvalue weighted by Gasteiger charge is -2.10. The van der Waals surface area contributed by atoms with Crippen molar-refractivity contribution in [2.24, 2.45) is 11.0 Å². The van der Waals surface area contributed by atoms with Gasteiger partial charge >= 0.3 is 0 Å². The van der Waals surface area contributed by atoms with Crippen LogP contribution in [0.25, 0.3) is 0 Å². The highest BCUT2D eigenvalue weighted by Crippen LogP contribution is 2.34. The molecule has 0 spiro atoms. The molecule has 0 aromatic carbocycles. The van der Waals surface area contributed by atoms with Crippen LogP contribution in [-0.4, -0.2) is 23.2 Å². The Labute approximate surface area is 104 Å². The molecular formula is C14H24N2O. The van der Waals surface area contributed by atoms with Crippen LogP contribution < -0.4 is 0 Å². The number of hydrogen-bond donors (Lipinski definition) is 0. The Bertz CT molecular complexity index is 295. The van der Waals surface area contributed by atoms with E-state index in [0.29, 0.717) is 12.3 Å². The quantitative estimate of drug-likeness (QED) is 0.595. The molecule has 0 aromatic rings. The fourth-order valence-corrected chi connectivity index (χ4v) is 2.35. The average Bonchev–Trinajstić information content (AvgIpc) is 3.10. The summed E-state index contributed by atoms with van der Waals surface area (Å²) in [7, 11) is 0. The summed E-state index contributed by atoms with van der Waals surface area (Å²) in [6, 6.07) is 0. The Morgan fingerprint density at radius 2 is 1.88 bits per heavy atom. The Kier molecular flexibility index (Phi) is 4.57. The molecule has 1 saturated carbocycles. The highest BCUT2D eigenvalue weighted by atomic mass is 16.2. The second kappa shape index (κ2) is 6.18. The van der Waals surface area contributed by atoms with E-state index in [1.165, 1.54) is 44.9 Å². The first-order valence-electron chi connectivity index (χ1n) is 7.19. The van der Waals surface area contributed by atoms with Gasteiger partial charge in [0.15, 0.2) is 0 Å². The molecule has 3 heteroatoms. The number of carbonyl (C=O) groups is 1. The van der Waals surface area contributed by atoms with Gasteiger partial charge in [0.1, 0.15) is 0 Å². The molecule has 0 radical (unpaired) electrons. The predicted octanol–water partition coefficient (Wildman–Crippen LogP) is 3.35. The SMILES string of the molecule is CCCCCCCCN1N=C(C2CC2)CC1=O. The lowest BCUT2D eigenvalue weighted by Crippen LogP contribution is -2.21. The van der Waals surface area contributed by atoms with Crippen molar-refractivity contribution in [2.75, 3.05) is 6.54 Å². The van der Waals surface area contributed by atoms with Crippen LogP contribution in [0, 0.1) is 5.92 Å². The summed E-state index contributed by atoms with van der Waals surface area (Å²) in [5.74, 6) is 0.869. The molecule has 1 heterocycles. The zero-order chi connectivity index (χ0) is 12.1. The molecule has 96 valence electrons. The first-order chi connectivity index (χ1) is 8.31. The predicted molar refractivity (Wildman–Crippen MR) is 69.9 cm³/mol. The summed E-state index contributed by atoms with van der Waals surface area (Å²) in [6.07, 6.45) is 10.7. The fourth-order valence-electron chi connectivity index (χ4n) is 2.35.